The van der Waals surface area contributed by atoms with Gasteiger partial charge in [0.1, 0.15) is 5.60 Å². The third kappa shape index (κ3) is 2.35. The molecule has 2 saturated carbocycles. The topological polar surface area (TPSA) is 42.1 Å². The molecule has 2 unspecified atom stereocenters. The van der Waals surface area contributed by atoms with Gasteiger partial charge in [0.2, 0.25) is 0 Å². The SMILES string of the molecule is C[C@]12CCC3=C4CCC(=O)C=C4CC[C@H]3[C@@H]1CCC21OC=CC1c1ccc2[nH]ccc2c1. The van der Waals surface area contributed by atoms with E-state index >= 15 is 0 Å². The van der Waals surface area contributed by atoms with Crippen molar-refractivity contribution in [3.05, 3.63) is 71.2 Å². The lowest BCUT2D eigenvalue weighted by Gasteiger charge is -2.53. The number of carbonyl (C=O) groups excluding carboxylic acids is 1. The molecule has 5 atom stereocenters. The molecule has 0 bridgehead atoms. The zero-order chi connectivity index (χ0) is 21.5. The first-order chi connectivity index (χ1) is 15.6. The number of carbonyl (C=O) groups is 1. The molecule has 0 saturated heterocycles. The standard InChI is InChI=1S/C29H31NO2/c1-28-12-8-23-22-6-4-21(31)17-18(22)2-5-24(23)26(28)9-13-29(28)25(11-15-32-29)19-3-7-27-20(16-19)10-14-30-27/h3,7,10-11,14-17,24-26,30H,2,4-6,8-9,12-13H2,1H3/t24-,25?,26+,28+,29?/m1/s1. The number of ketones is 1. The molecule has 3 nitrogen and oxygen atoms in total. The van der Waals surface area contributed by atoms with Gasteiger partial charge in [-0.1, -0.05) is 18.6 Å². The number of allylic oxidation sites excluding steroid dienone is 4. The Kier molecular flexibility index (Phi) is 3.85. The maximum absolute atomic E-state index is 12.0. The van der Waals surface area contributed by atoms with Crippen LogP contribution in [-0.2, 0) is 9.53 Å². The van der Waals surface area contributed by atoms with Gasteiger partial charge in [0.25, 0.3) is 0 Å². The smallest absolute Gasteiger partial charge is 0.156 e. The highest BCUT2D eigenvalue weighted by atomic mass is 16.5. The van der Waals surface area contributed by atoms with E-state index in [-0.39, 0.29) is 11.0 Å². The van der Waals surface area contributed by atoms with E-state index in [9.17, 15) is 4.79 Å². The number of nitrogens with one attached hydrogen (secondary N) is 1. The molecular formula is C29H31NO2. The van der Waals surface area contributed by atoms with E-state index in [0.717, 1.165) is 19.3 Å². The molecule has 0 radical (unpaired) electrons. The number of benzene rings is 1. The Morgan fingerprint density at radius 2 is 2.00 bits per heavy atom. The van der Waals surface area contributed by atoms with Crippen molar-refractivity contribution in [1.29, 1.82) is 0 Å². The van der Waals surface area contributed by atoms with Gasteiger partial charge in [-0.2, -0.15) is 0 Å². The van der Waals surface area contributed by atoms with Gasteiger partial charge in [0.15, 0.2) is 5.78 Å². The van der Waals surface area contributed by atoms with Crippen molar-refractivity contribution in [3.8, 4) is 0 Å². The number of hydrogen-bond acceptors (Lipinski definition) is 2. The molecule has 1 spiro atoms. The Morgan fingerprint density at radius 1 is 1.06 bits per heavy atom. The summed E-state index contributed by atoms with van der Waals surface area (Å²) in [5, 5.41) is 1.28. The zero-order valence-corrected chi connectivity index (χ0v) is 18.8. The number of ether oxygens (including phenoxy) is 1. The number of aromatic amines is 1. The average molecular weight is 426 g/mol. The maximum Gasteiger partial charge on any atom is 0.156 e. The summed E-state index contributed by atoms with van der Waals surface area (Å²) in [6.07, 6.45) is 17.0. The van der Waals surface area contributed by atoms with E-state index in [1.165, 1.54) is 47.7 Å². The van der Waals surface area contributed by atoms with Gasteiger partial charge in [0.05, 0.1) is 6.26 Å². The van der Waals surface area contributed by atoms with Crippen LogP contribution >= 0.6 is 0 Å². The third-order valence-corrected chi connectivity index (χ3v) is 9.90. The van der Waals surface area contributed by atoms with Crippen LogP contribution < -0.4 is 0 Å². The zero-order valence-electron chi connectivity index (χ0n) is 18.8. The van der Waals surface area contributed by atoms with Crippen LogP contribution in [0.4, 0.5) is 0 Å². The molecule has 2 fully saturated rings. The molecule has 2 aromatic rings. The van der Waals surface area contributed by atoms with E-state index in [4.69, 9.17) is 4.74 Å². The van der Waals surface area contributed by atoms with Gasteiger partial charge in [-0.05, 0) is 109 Å². The summed E-state index contributed by atoms with van der Waals surface area (Å²) in [5.41, 5.74) is 7.25. The fourth-order valence-corrected chi connectivity index (χ4v) is 8.38. The number of aromatic nitrogens is 1. The summed E-state index contributed by atoms with van der Waals surface area (Å²) < 4.78 is 6.67. The minimum atomic E-state index is -0.128. The van der Waals surface area contributed by atoms with Crippen LogP contribution in [0.25, 0.3) is 10.9 Å². The largest absolute Gasteiger partial charge is 0.494 e. The molecule has 4 aliphatic carbocycles. The minimum Gasteiger partial charge on any atom is -0.494 e. The van der Waals surface area contributed by atoms with Crippen LogP contribution in [0.5, 0.6) is 0 Å². The third-order valence-electron chi connectivity index (χ3n) is 9.90. The van der Waals surface area contributed by atoms with Crippen molar-refractivity contribution in [2.45, 2.75) is 69.8 Å². The summed E-state index contributed by atoms with van der Waals surface area (Å²) in [4.78, 5) is 15.3. The summed E-state index contributed by atoms with van der Waals surface area (Å²) in [6, 6.07) is 9.06. The Labute approximate surface area is 189 Å². The summed E-state index contributed by atoms with van der Waals surface area (Å²) in [7, 11) is 0. The Balaban J connectivity index is 1.28. The highest BCUT2D eigenvalue weighted by Crippen LogP contribution is 2.68. The summed E-state index contributed by atoms with van der Waals surface area (Å²) in [5.74, 6) is 2.00. The van der Waals surface area contributed by atoms with Crippen molar-refractivity contribution in [3.63, 3.8) is 0 Å². The lowest BCUT2D eigenvalue weighted by atomic mass is 9.53. The fourth-order valence-electron chi connectivity index (χ4n) is 8.38. The quantitative estimate of drug-likeness (QED) is 0.550. The van der Waals surface area contributed by atoms with Crippen LogP contribution in [0.1, 0.15) is 69.8 Å². The molecule has 0 amide bonds. The van der Waals surface area contributed by atoms with Crippen molar-refractivity contribution in [2.24, 2.45) is 17.3 Å². The van der Waals surface area contributed by atoms with Crippen LogP contribution in [0, 0.1) is 17.3 Å². The van der Waals surface area contributed by atoms with Gasteiger partial charge < -0.3 is 9.72 Å². The van der Waals surface area contributed by atoms with Crippen molar-refractivity contribution in [1.82, 2.24) is 4.98 Å². The normalized spacial score (nSPS) is 38.0. The average Bonchev–Trinajstić information content (AvgIpc) is 3.51. The van der Waals surface area contributed by atoms with Crippen molar-refractivity contribution in [2.75, 3.05) is 0 Å². The molecule has 164 valence electrons. The van der Waals surface area contributed by atoms with E-state index in [1.54, 1.807) is 11.1 Å². The van der Waals surface area contributed by atoms with Gasteiger partial charge in [-0.25, -0.2) is 0 Å². The second-order valence-electron chi connectivity index (χ2n) is 11.0. The van der Waals surface area contributed by atoms with Gasteiger partial charge in [-0.15, -0.1) is 0 Å². The fraction of sp³-hybridized carbons (Fsp3) is 0.483. The molecule has 3 heteroatoms. The highest BCUT2D eigenvalue weighted by molar-refractivity contribution is 5.93. The van der Waals surface area contributed by atoms with Crippen LogP contribution in [0.2, 0.25) is 0 Å². The number of rotatable bonds is 1. The number of fused-ring (bicyclic) bond motifs is 6. The lowest BCUT2D eigenvalue weighted by molar-refractivity contribution is -0.114. The molecule has 5 aliphatic rings. The van der Waals surface area contributed by atoms with E-state index in [0.29, 0.717) is 30.0 Å². The molecule has 1 N–H and O–H groups in total. The second-order valence-corrected chi connectivity index (χ2v) is 11.0. The minimum absolute atomic E-state index is 0.128. The maximum atomic E-state index is 12.0. The molecule has 1 aromatic heterocycles. The highest BCUT2D eigenvalue weighted by Gasteiger charge is 2.66. The first-order valence-electron chi connectivity index (χ1n) is 12.5. The summed E-state index contributed by atoms with van der Waals surface area (Å²) in [6.45, 7) is 2.54. The molecule has 32 heavy (non-hydrogen) atoms. The molecule has 2 heterocycles. The molecule has 7 rings (SSSR count). The molecule has 1 aromatic carbocycles. The van der Waals surface area contributed by atoms with Gasteiger partial charge in [0, 0.05) is 29.5 Å². The number of hydrogen-bond donors (Lipinski definition) is 1. The lowest BCUT2D eigenvalue weighted by Crippen LogP contribution is -2.52. The van der Waals surface area contributed by atoms with Crippen molar-refractivity contribution < 1.29 is 9.53 Å². The predicted octanol–water partition coefficient (Wildman–Crippen LogP) is 6.74. The van der Waals surface area contributed by atoms with Crippen LogP contribution in [-0.4, -0.2) is 16.4 Å². The first kappa shape index (κ1) is 19.0. The second kappa shape index (κ2) is 6.50. The Morgan fingerprint density at radius 3 is 2.94 bits per heavy atom. The van der Waals surface area contributed by atoms with Crippen molar-refractivity contribution >= 4 is 16.7 Å². The van der Waals surface area contributed by atoms with Gasteiger partial charge in [-0.3, -0.25) is 4.79 Å². The monoisotopic (exact) mass is 425 g/mol. The van der Waals surface area contributed by atoms with E-state index < -0.39 is 0 Å². The first-order valence-corrected chi connectivity index (χ1v) is 12.5. The predicted molar refractivity (Wildman–Crippen MR) is 126 cm³/mol. The Bertz CT molecular complexity index is 1230. The van der Waals surface area contributed by atoms with E-state index in [1.807, 2.05) is 18.5 Å². The van der Waals surface area contributed by atoms with Crippen LogP contribution in [0.3, 0.4) is 0 Å². The summed E-state index contributed by atoms with van der Waals surface area (Å²) >= 11 is 0. The Hall–Kier alpha value is -2.55. The van der Waals surface area contributed by atoms with Gasteiger partial charge >= 0.3 is 0 Å². The molecular weight excluding hydrogens is 394 g/mol. The van der Waals surface area contributed by atoms with E-state index in [2.05, 4.69) is 42.2 Å². The number of H-pyrrole nitrogens is 1. The molecule has 1 aliphatic heterocycles. The van der Waals surface area contributed by atoms with Crippen LogP contribution in [0.15, 0.2) is 65.6 Å².